The molecule has 0 aliphatic carbocycles. The summed E-state index contributed by atoms with van der Waals surface area (Å²) >= 11 is 5.34. The maximum Gasteiger partial charge on any atom is 0.243 e. The summed E-state index contributed by atoms with van der Waals surface area (Å²) in [5.74, 6) is 0. The van der Waals surface area contributed by atoms with Crippen LogP contribution in [0.2, 0.25) is 0 Å². The Bertz CT molecular complexity index is 1110. The normalized spacial score (nSPS) is 12.0. The fourth-order valence-corrected chi connectivity index (χ4v) is 5.11. The van der Waals surface area contributed by atoms with Gasteiger partial charge in [-0.05, 0) is 54.5 Å². The van der Waals surface area contributed by atoms with Gasteiger partial charge in [0.2, 0.25) is 10.0 Å². The van der Waals surface area contributed by atoms with Crippen molar-refractivity contribution in [2.45, 2.75) is 37.1 Å². The SMILES string of the molecule is CCN(CC)S(=O)(=O)c1ccc(C)c(NC(=S)NCc2ccc(S(C)(=O)=O)cc2)c1. The number of benzene rings is 2. The van der Waals surface area contributed by atoms with E-state index < -0.39 is 19.9 Å². The highest BCUT2D eigenvalue weighted by Gasteiger charge is 2.22. The second kappa shape index (κ2) is 9.86. The average Bonchev–Trinajstić information content (AvgIpc) is 2.68. The molecule has 0 unspecified atom stereocenters. The first-order chi connectivity index (χ1) is 14.0. The van der Waals surface area contributed by atoms with E-state index in [0.29, 0.717) is 30.4 Å². The number of anilines is 1. The number of rotatable bonds is 8. The minimum atomic E-state index is -3.57. The number of hydrogen-bond acceptors (Lipinski definition) is 5. The van der Waals surface area contributed by atoms with Gasteiger partial charge in [0, 0.05) is 31.6 Å². The van der Waals surface area contributed by atoms with Crippen LogP contribution in [0.1, 0.15) is 25.0 Å². The van der Waals surface area contributed by atoms with Crippen molar-refractivity contribution >= 4 is 42.9 Å². The molecule has 10 heteroatoms. The van der Waals surface area contributed by atoms with E-state index >= 15 is 0 Å². The van der Waals surface area contributed by atoms with E-state index in [2.05, 4.69) is 10.6 Å². The van der Waals surface area contributed by atoms with Crippen molar-refractivity contribution in [3.8, 4) is 0 Å². The summed E-state index contributed by atoms with van der Waals surface area (Å²) in [6.45, 7) is 6.65. The average molecular weight is 470 g/mol. The third-order valence-electron chi connectivity index (χ3n) is 4.60. The van der Waals surface area contributed by atoms with Crippen molar-refractivity contribution in [1.29, 1.82) is 0 Å². The summed E-state index contributed by atoms with van der Waals surface area (Å²) in [7, 11) is -6.80. The van der Waals surface area contributed by atoms with Gasteiger partial charge in [-0.3, -0.25) is 0 Å². The number of sulfonamides is 1. The van der Waals surface area contributed by atoms with Gasteiger partial charge in [0.05, 0.1) is 9.79 Å². The second-order valence-corrected chi connectivity index (χ2v) is 11.2. The molecule has 7 nitrogen and oxygen atoms in total. The highest BCUT2D eigenvalue weighted by Crippen LogP contribution is 2.23. The van der Waals surface area contributed by atoms with Gasteiger partial charge >= 0.3 is 0 Å². The molecule has 0 fully saturated rings. The lowest BCUT2D eigenvalue weighted by molar-refractivity contribution is 0.445. The Morgan fingerprint density at radius 2 is 1.53 bits per heavy atom. The molecule has 2 aromatic carbocycles. The number of nitrogens with zero attached hydrogens (tertiary/aromatic N) is 1. The first-order valence-electron chi connectivity index (χ1n) is 9.43. The van der Waals surface area contributed by atoms with Crippen LogP contribution in [0.4, 0.5) is 5.69 Å². The molecule has 0 saturated heterocycles. The lowest BCUT2D eigenvalue weighted by Gasteiger charge is -2.20. The zero-order chi connectivity index (χ0) is 22.5. The van der Waals surface area contributed by atoms with Crippen LogP contribution in [0.3, 0.4) is 0 Å². The van der Waals surface area contributed by atoms with Gasteiger partial charge in [-0.1, -0.05) is 32.0 Å². The molecule has 2 N–H and O–H groups in total. The molecule has 0 saturated carbocycles. The zero-order valence-electron chi connectivity index (χ0n) is 17.5. The van der Waals surface area contributed by atoms with Crippen molar-refractivity contribution in [2.24, 2.45) is 0 Å². The lowest BCUT2D eigenvalue weighted by Crippen LogP contribution is -2.31. The number of thiocarbonyl (C=S) groups is 1. The molecule has 0 amide bonds. The van der Waals surface area contributed by atoms with Gasteiger partial charge in [0.15, 0.2) is 14.9 Å². The monoisotopic (exact) mass is 469 g/mol. The lowest BCUT2D eigenvalue weighted by atomic mass is 10.2. The predicted molar refractivity (Wildman–Crippen MR) is 124 cm³/mol. The van der Waals surface area contributed by atoms with Crippen molar-refractivity contribution in [3.05, 3.63) is 53.6 Å². The molecule has 0 heterocycles. The first kappa shape index (κ1) is 24.3. The summed E-state index contributed by atoms with van der Waals surface area (Å²) in [6.07, 6.45) is 1.16. The fraction of sp³-hybridized carbons (Fsp3) is 0.350. The molecule has 0 aromatic heterocycles. The Hall–Kier alpha value is -2.01. The number of sulfone groups is 1. The van der Waals surface area contributed by atoms with Crippen LogP contribution in [0.5, 0.6) is 0 Å². The largest absolute Gasteiger partial charge is 0.358 e. The second-order valence-electron chi connectivity index (χ2n) is 6.79. The van der Waals surface area contributed by atoms with Gasteiger partial charge in [-0.2, -0.15) is 4.31 Å². The van der Waals surface area contributed by atoms with Crippen molar-refractivity contribution < 1.29 is 16.8 Å². The zero-order valence-corrected chi connectivity index (χ0v) is 19.9. The summed E-state index contributed by atoms with van der Waals surface area (Å²) in [4.78, 5) is 0.465. The maximum atomic E-state index is 12.8. The number of nitrogens with one attached hydrogen (secondary N) is 2. The standard InChI is InChI=1S/C20H27N3O4S3/c1-5-23(6-2)30(26,27)18-10-7-15(3)19(13-18)22-20(28)21-14-16-8-11-17(12-9-16)29(4,24)25/h7-13H,5-6,14H2,1-4H3,(H2,21,22,28). The number of hydrogen-bond donors (Lipinski definition) is 2. The maximum absolute atomic E-state index is 12.8. The summed E-state index contributed by atoms with van der Waals surface area (Å²) in [5.41, 5.74) is 2.32. The Morgan fingerprint density at radius 1 is 0.967 bits per heavy atom. The van der Waals surface area contributed by atoms with Crippen LogP contribution in [-0.2, 0) is 26.4 Å². The third-order valence-corrected chi connectivity index (χ3v) is 8.03. The summed E-state index contributed by atoms with van der Waals surface area (Å²) in [5, 5.41) is 6.43. The predicted octanol–water partition coefficient (Wildman–Crippen LogP) is 2.92. The molecule has 0 atom stereocenters. The van der Waals surface area contributed by atoms with E-state index in [-0.39, 0.29) is 9.79 Å². The Kier molecular flexibility index (Phi) is 7.98. The topological polar surface area (TPSA) is 95.6 Å². The molecule has 30 heavy (non-hydrogen) atoms. The van der Waals surface area contributed by atoms with E-state index in [1.165, 1.54) is 4.31 Å². The van der Waals surface area contributed by atoms with Gasteiger partial charge < -0.3 is 10.6 Å². The Labute approximate surface area is 184 Å². The van der Waals surface area contributed by atoms with E-state index in [1.54, 1.807) is 56.3 Å². The minimum absolute atomic E-state index is 0.207. The molecule has 0 aliphatic heterocycles. The molecule has 2 aromatic rings. The van der Waals surface area contributed by atoms with Crippen LogP contribution in [0, 0.1) is 6.92 Å². The molecule has 2 rings (SSSR count). The fourth-order valence-electron chi connectivity index (χ4n) is 2.81. The van der Waals surface area contributed by atoms with Gasteiger partial charge in [-0.15, -0.1) is 0 Å². The minimum Gasteiger partial charge on any atom is -0.358 e. The van der Waals surface area contributed by atoms with Gasteiger partial charge in [0.25, 0.3) is 0 Å². The third kappa shape index (κ3) is 6.00. The van der Waals surface area contributed by atoms with E-state index in [1.807, 2.05) is 6.92 Å². The number of aryl methyl sites for hydroxylation is 1. The Balaban J connectivity index is 2.10. The van der Waals surface area contributed by atoms with Crippen LogP contribution in [0.25, 0.3) is 0 Å². The highest BCUT2D eigenvalue weighted by molar-refractivity contribution is 7.90. The van der Waals surface area contributed by atoms with Crippen LogP contribution >= 0.6 is 12.2 Å². The molecule has 0 aliphatic rings. The molecular weight excluding hydrogens is 442 g/mol. The molecule has 164 valence electrons. The first-order valence-corrected chi connectivity index (χ1v) is 13.2. The van der Waals surface area contributed by atoms with E-state index in [0.717, 1.165) is 17.4 Å². The van der Waals surface area contributed by atoms with E-state index in [9.17, 15) is 16.8 Å². The quantitative estimate of drug-likeness (QED) is 0.574. The van der Waals surface area contributed by atoms with E-state index in [4.69, 9.17) is 12.2 Å². The molecule has 0 spiro atoms. The molecule has 0 bridgehead atoms. The molecule has 0 radical (unpaired) electrons. The van der Waals surface area contributed by atoms with Crippen molar-refractivity contribution in [3.63, 3.8) is 0 Å². The van der Waals surface area contributed by atoms with Crippen LogP contribution in [0.15, 0.2) is 52.3 Å². The van der Waals surface area contributed by atoms with Crippen LogP contribution in [-0.4, -0.2) is 45.6 Å². The van der Waals surface area contributed by atoms with Crippen molar-refractivity contribution in [1.82, 2.24) is 9.62 Å². The smallest absolute Gasteiger partial charge is 0.243 e. The molecular formula is C20H27N3O4S3. The van der Waals surface area contributed by atoms with Gasteiger partial charge in [-0.25, -0.2) is 16.8 Å². The summed E-state index contributed by atoms with van der Waals surface area (Å²) in [6, 6.07) is 11.4. The highest BCUT2D eigenvalue weighted by atomic mass is 32.2. The van der Waals surface area contributed by atoms with Gasteiger partial charge in [0.1, 0.15) is 0 Å². The van der Waals surface area contributed by atoms with Crippen LogP contribution < -0.4 is 10.6 Å². The Morgan fingerprint density at radius 3 is 2.07 bits per heavy atom. The summed E-state index contributed by atoms with van der Waals surface area (Å²) < 4.78 is 50.0. The van der Waals surface area contributed by atoms with Crippen molar-refractivity contribution in [2.75, 3.05) is 24.7 Å².